The van der Waals surface area contributed by atoms with Gasteiger partial charge < -0.3 is 28.5 Å². The van der Waals surface area contributed by atoms with Gasteiger partial charge in [0.25, 0.3) is 0 Å². The maximum atomic E-state index is 5.73. The molecular weight excluding hydrogens is 333 g/mol. The minimum absolute atomic E-state index is 0. The Morgan fingerprint density at radius 1 is 0.812 bits per heavy atom. The van der Waals surface area contributed by atoms with E-state index in [0.29, 0.717) is 0 Å². The van der Waals surface area contributed by atoms with Crippen LogP contribution in [0.3, 0.4) is 0 Å². The van der Waals surface area contributed by atoms with Crippen molar-refractivity contribution in [2.45, 2.75) is 52.4 Å². The summed E-state index contributed by atoms with van der Waals surface area (Å²) in [6.45, 7) is 8.57. The minimum atomic E-state index is 0. The van der Waals surface area contributed by atoms with Gasteiger partial charge in [-0.1, -0.05) is 26.7 Å². The molecule has 0 amide bonds. The van der Waals surface area contributed by atoms with Crippen LogP contribution in [0.1, 0.15) is 52.4 Å². The summed E-state index contributed by atoms with van der Waals surface area (Å²) in [4.78, 5) is 0. The molecule has 0 unspecified atom stereocenters. The standard InChI is InChI=1S/C13H29ClN.HI/c1-4-6-11-15(3,12-7-5-2)13-9-8-10-14;/h4-13H2,1-3H3;1H/q+1;/p-1. The van der Waals surface area contributed by atoms with Crippen LogP contribution < -0.4 is 24.0 Å². The van der Waals surface area contributed by atoms with Crippen LogP contribution in [0.2, 0.25) is 0 Å². The Kier molecular flexibility index (Phi) is 15.0. The normalized spacial score (nSPS) is 11.2. The zero-order chi connectivity index (χ0) is 11.6. The number of halogens is 2. The summed E-state index contributed by atoms with van der Waals surface area (Å²) in [6.07, 6.45) is 7.81. The van der Waals surface area contributed by atoms with Gasteiger partial charge in [0.1, 0.15) is 0 Å². The number of unbranched alkanes of at least 4 members (excludes halogenated alkanes) is 3. The third-order valence-corrected chi connectivity index (χ3v) is 3.45. The Morgan fingerprint density at radius 2 is 1.25 bits per heavy atom. The fourth-order valence-electron chi connectivity index (χ4n) is 2.00. The SMILES string of the molecule is CCCC[N+](C)(CCCC)CCCCCl.[I-]. The molecule has 100 valence electrons. The maximum absolute atomic E-state index is 5.73. The van der Waals surface area contributed by atoms with Crippen LogP contribution in [0.15, 0.2) is 0 Å². The van der Waals surface area contributed by atoms with E-state index < -0.39 is 0 Å². The van der Waals surface area contributed by atoms with Gasteiger partial charge in [0.05, 0.1) is 26.7 Å². The van der Waals surface area contributed by atoms with Crippen molar-refractivity contribution in [3.05, 3.63) is 0 Å². The Bertz CT molecular complexity index is 134. The maximum Gasteiger partial charge on any atom is 0.0784 e. The summed E-state index contributed by atoms with van der Waals surface area (Å²) in [5.74, 6) is 0.821. The lowest BCUT2D eigenvalue weighted by molar-refractivity contribution is -0.910. The second-order valence-corrected chi connectivity index (χ2v) is 5.27. The number of quaternary nitrogens is 1. The zero-order valence-electron chi connectivity index (χ0n) is 11.3. The Morgan fingerprint density at radius 3 is 1.62 bits per heavy atom. The molecule has 3 heteroatoms. The summed E-state index contributed by atoms with van der Waals surface area (Å²) >= 11 is 5.73. The quantitative estimate of drug-likeness (QED) is 0.236. The molecule has 0 saturated carbocycles. The lowest BCUT2D eigenvalue weighted by Gasteiger charge is -2.34. The predicted molar refractivity (Wildman–Crippen MR) is 70.6 cm³/mol. The van der Waals surface area contributed by atoms with E-state index in [1.807, 2.05) is 0 Å². The lowest BCUT2D eigenvalue weighted by atomic mass is 10.2. The molecule has 0 heterocycles. The summed E-state index contributed by atoms with van der Waals surface area (Å²) in [7, 11) is 2.42. The first kappa shape index (κ1) is 19.3. The van der Waals surface area contributed by atoms with Gasteiger partial charge in [-0.3, -0.25) is 0 Å². The van der Waals surface area contributed by atoms with E-state index in [9.17, 15) is 0 Å². The summed E-state index contributed by atoms with van der Waals surface area (Å²) in [5.41, 5.74) is 0. The third kappa shape index (κ3) is 10.2. The van der Waals surface area contributed by atoms with Crippen LogP contribution in [0, 0.1) is 0 Å². The molecule has 0 aliphatic heterocycles. The molecule has 1 nitrogen and oxygen atoms in total. The van der Waals surface area contributed by atoms with Crippen molar-refractivity contribution in [3.8, 4) is 0 Å². The van der Waals surface area contributed by atoms with Gasteiger partial charge in [-0.15, -0.1) is 11.6 Å². The van der Waals surface area contributed by atoms with Crippen molar-refractivity contribution in [3.63, 3.8) is 0 Å². The molecule has 0 spiro atoms. The highest BCUT2D eigenvalue weighted by molar-refractivity contribution is 6.17. The molecule has 16 heavy (non-hydrogen) atoms. The molecule has 0 radical (unpaired) electrons. The second-order valence-electron chi connectivity index (χ2n) is 4.89. The van der Waals surface area contributed by atoms with Gasteiger partial charge in [0.2, 0.25) is 0 Å². The van der Waals surface area contributed by atoms with Crippen LogP contribution in [-0.2, 0) is 0 Å². The molecule has 0 aromatic rings. The van der Waals surface area contributed by atoms with Crippen molar-refractivity contribution >= 4 is 11.6 Å². The molecule has 0 aliphatic carbocycles. The topological polar surface area (TPSA) is 0 Å². The number of rotatable bonds is 10. The van der Waals surface area contributed by atoms with E-state index in [1.54, 1.807) is 0 Å². The molecule has 0 atom stereocenters. The average molecular weight is 362 g/mol. The smallest absolute Gasteiger partial charge is 0.0784 e. The Hall–Kier alpha value is 0.980. The number of nitrogens with zero attached hydrogens (tertiary/aromatic N) is 1. The first-order valence-electron chi connectivity index (χ1n) is 6.58. The van der Waals surface area contributed by atoms with Crippen LogP contribution >= 0.6 is 11.6 Å². The molecule has 0 bridgehead atoms. The van der Waals surface area contributed by atoms with Crippen LogP contribution in [0.5, 0.6) is 0 Å². The summed E-state index contributed by atoms with van der Waals surface area (Å²) in [6, 6.07) is 0. The van der Waals surface area contributed by atoms with Crippen molar-refractivity contribution in [2.24, 2.45) is 0 Å². The second kappa shape index (κ2) is 12.4. The highest BCUT2D eigenvalue weighted by Crippen LogP contribution is 2.11. The third-order valence-electron chi connectivity index (χ3n) is 3.18. The lowest BCUT2D eigenvalue weighted by Crippen LogP contribution is -3.00. The van der Waals surface area contributed by atoms with Crippen LogP contribution in [0.4, 0.5) is 0 Å². The molecule has 0 aromatic carbocycles. The molecule has 0 aromatic heterocycles. The molecule has 0 fully saturated rings. The Balaban J connectivity index is 0. The van der Waals surface area contributed by atoms with E-state index in [2.05, 4.69) is 20.9 Å². The van der Waals surface area contributed by atoms with Gasteiger partial charge in [-0.2, -0.15) is 0 Å². The van der Waals surface area contributed by atoms with Gasteiger partial charge in [0, 0.05) is 5.88 Å². The van der Waals surface area contributed by atoms with E-state index in [0.717, 1.165) is 5.88 Å². The van der Waals surface area contributed by atoms with E-state index in [1.165, 1.54) is 62.6 Å². The first-order valence-corrected chi connectivity index (χ1v) is 7.11. The molecular formula is C13H29ClIN. The highest BCUT2D eigenvalue weighted by atomic mass is 127. The van der Waals surface area contributed by atoms with Gasteiger partial charge in [-0.05, 0) is 25.7 Å². The highest BCUT2D eigenvalue weighted by Gasteiger charge is 2.19. The number of hydrogen-bond donors (Lipinski definition) is 0. The predicted octanol–water partition coefficient (Wildman–Crippen LogP) is 1.06. The molecule has 0 N–H and O–H groups in total. The average Bonchev–Trinajstić information content (AvgIpc) is 2.24. The van der Waals surface area contributed by atoms with Crippen molar-refractivity contribution < 1.29 is 28.5 Å². The van der Waals surface area contributed by atoms with Gasteiger partial charge >= 0.3 is 0 Å². The van der Waals surface area contributed by atoms with Gasteiger partial charge in [0.15, 0.2) is 0 Å². The number of alkyl halides is 1. The fraction of sp³-hybridized carbons (Fsp3) is 1.00. The number of hydrogen-bond acceptors (Lipinski definition) is 0. The van der Waals surface area contributed by atoms with E-state index >= 15 is 0 Å². The minimum Gasteiger partial charge on any atom is -1.00 e. The van der Waals surface area contributed by atoms with Crippen LogP contribution in [0.25, 0.3) is 0 Å². The van der Waals surface area contributed by atoms with Crippen molar-refractivity contribution in [1.29, 1.82) is 0 Å². The van der Waals surface area contributed by atoms with E-state index in [-0.39, 0.29) is 24.0 Å². The Labute approximate surface area is 125 Å². The monoisotopic (exact) mass is 361 g/mol. The molecule has 0 rings (SSSR count). The summed E-state index contributed by atoms with van der Waals surface area (Å²) < 4.78 is 1.26. The largest absolute Gasteiger partial charge is 1.00 e. The fourth-order valence-corrected chi connectivity index (χ4v) is 2.19. The zero-order valence-corrected chi connectivity index (χ0v) is 14.2. The van der Waals surface area contributed by atoms with Crippen molar-refractivity contribution in [2.75, 3.05) is 32.6 Å². The van der Waals surface area contributed by atoms with Crippen molar-refractivity contribution in [1.82, 2.24) is 0 Å². The van der Waals surface area contributed by atoms with Gasteiger partial charge in [-0.25, -0.2) is 0 Å². The molecule has 0 aliphatic rings. The summed E-state index contributed by atoms with van der Waals surface area (Å²) in [5, 5.41) is 0. The molecule has 0 saturated heterocycles. The van der Waals surface area contributed by atoms with E-state index in [4.69, 9.17) is 11.6 Å². The van der Waals surface area contributed by atoms with Crippen LogP contribution in [-0.4, -0.2) is 37.0 Å². The first-order chi connectivity index (χ1) is 7.18.